The molecule has 0 N–H and O–H groups in total. The molecule has 0 amide bonds. The summed E-state index contributed by atoms with van der Waals surface area (Å²) in [4.78, 5) is 4.01. The fourth-order valence-electron chi connectivity index (χ4n) is 1.37. The van der Waals surface area contributed by atoms with Crippen molar-refractivity contribution < 1.29 is 13.2 Å². The monoisotopic (exact) mass is 263 g/mol. The van der Waals surface area contributed by atoms with Crippen LogP contribution in [0.3, 0.4) is 0 Å². The van der Waals surface area contributed by atoms with Crippen LogP contribution in [0.4, 0.5) is 13.2 Å². The molecule has 2 heterocycles. The van der Waals surface area contributed by atoms with E-state index in [1.807, 2.05) is 13.8 Å². The van der Waals surface area contributed by atoms with E-state index in [-0.39, 0.29) is 16.7 Å². The second-order valence-corrected chi connectivity index (χ2v) is 4.35. The summed E-state index contributed by atoms with van der Waals surface area (Å²) >= 11 is 5.75. The summed E-state index contributed by atoms with van der Waals surface area (Å²) in [6.07, 6.45) is -4.44. The topological polar surface area (TPSA) is 30.2 Å². The number of aromatic nitrogens is 3. The highest BCUT2D eigenvalue weighted by molar-refractivity contribution is 6.29. The van der Waals surface area contributed by atoms with E-state index in [1.165, 1.54) is 4.52 Å². The van der Waals surface area contributed by atoms with Gasteiger partial charge in [-0.05, 0) is 12.1 Å². The highest BCUT2D eigenvalue weighted by atomic mass is 35.5. The van der Waals surface area contributed by atoms with Crippen LogP contribution in [0.1, 0.15) is 31.2 Å². The molecule has 0 aliphatic carbocycles. The van der Waals surface area contributed by atoms with Crippen molar-refractivity contribution in [3.63, 3.8) is 0 Å². The average molecular weight is 264 g/mol. The molecule has 3 nitrogen and oxygen atoms in total. The molecule has 0 saturated carbocycles. The molecule has 2 rings (SSSR count). The van der Waals surface area contributed by atoms with Gasteiger partial charge in [0.15, 0.2) is 11.5 Å². The number of hydrogen-bond acceptors (Lipinski definition) is 2. The first-order valence-corrected chi connectivity index (χ1v) is 5.30. The average Bonchev–Trinajstić information content (AvgIpc) is 2.60. The summed E-state index contributed by atoms with van der Waals surface area (Å²) in [7, 11) is 0. The number of halogens is 4. The van der Waals surface area contributed by atoms with E-state index in [4.69, 9.17) is 11.6 Å². The molecule has 0 aliphatic heterocycles. The third-order valence-corrected chi connectivity index (χ3v) is 2.52. The van der Waals surface area contributed by atoms with Crippen LogP contribution in [0.5, 0.6) is 0 Å². The molecular formula is C10H9ClF3N3. The smallest absolute Gasteiger partial charge is 0.212 e. The van der Waals surface area contributed by atoms with E-state index < -0.39 is 11.7 Å². The highest BCUT2D eigenvalue weighted by Crippen LogP contribution is 2.31. The predicted molar refractivity (Wildman–Crippen MR) is 57.1 cm³/mol. The third kappa shape index (κ3) is 2.22. The molecule has 2 aromatic heterocycles. The van der Waals surface area contributed by atoms with Gasteiger partial charge in [0, 0.05) is 5.92 Å². The highest BCUT2D eigenvalue weighted by Gasteiger charge is 2.32. The third-order valence-electron chi connectivity index (χ3n) is 2.25. The zero-order chi connectivity index (χ0) is 12.8. The fraction of sp³-hybridized carbons (Fsp3) is 0.400. The maximum absolute atomic E-state index is 12.5. The standard InChI is InChI=1S/C10H9ClF3N3/c1-5(2)9-15-8-4-6(10(12,13)14)3-7(11)17(8)16-9/h3-5H,1-2H3. The van der Waals surface area contributed by atoms with E-state index in [1.54, 1.807) is 0 Å². The molecule has 17 heavy (non-hydrogen) atoms. The Hall–Kier alpha value is -1.30. The first kappa shape index (κ1) is 12.2. The number of pyridine rings is 1. The molecule has 0 spiro atoms. The van der Waals surface area contributed by atoms with Crippen LogP contribution in [0.25, 0.3) is 5.65 Å². The largest absolute Gasteiger partial charge is 0.416 e. The molecule has 0 bridgehead atoms. The van der Waals surface area contributed by atoms with Crippen LogP contribution in [-0.2, 0) is 6.18 Å². The number of rotatable bonds is 1. The Morgan fingerprint density at radius 2 is 1.94 bits per heavy atom. The summed E-state index contributed by atoms with van der Waals surface area (Å²) in [5, 5.41) is 3.94. The van der Waals surface area contributed by atoms with Crippen LogP contribution in [-0.4, -0.2) is 14.6 Å². The van der Waals surface area contributed by atoms with E-state index in [2.05, 4.69) is 10.1 Å². The van der Waals surface area contributed by atoms with Crippen molar-refractivity contribution in [3.05, 3.63) is 28.7 Å². The van der Waals surface area contributed by atoms with Gasteiger partial charge in [-0.25, -0.2) is 9.50 Å². The van der Waals surface area contributed by atoms with Gasteiger partial charge in [-0.15, -0.1) is 5.10 Å². The van der Waals surface area contributed by atoms with Crippen molar-refractivity contribution >= 4 is 17.2 Å². The minimum atomic E-state index is -4.44. The lowest BCUT2D eigenvalue weighted by Gasteiger charge is -2.06. The van der Waals surface area contributed by atoms with Gasteiger partial charge in [0.05, 0.1) is 5.56 Å². The van der Waals surface area contributed by atoms with Crippen LogP contribution in [0, 0.1) is 0 Å². The Labute approximate surface area is 100 Å². The summed E-state index contributed by atoms with van der Waals surface area (Å²) in [5.74, 6) is 0.492. The molecule has 0 aromatic carbocycles. The van der Waals surface area contributed by atoms with Gasteiger partial charge >= 0.3 is 6.18 Å². The molecule has 0 unspecified atom stereocenters. The Morgan fingerprint density at radius 3 is 2.47 bits per heavy atom. The van der Waals surface area contributed by atoms with Gasteiger partial charge in [0.2, 0.25) is 0 Å². The van der Waals surface area contributed by atoms with Crippen molar-refractivity contribution in [2.24, 2.45) is 0 Å². The number of hydrogen-bond donors (Lipinski definition) is 0. The van der Waals surface area contributed by atoms with Crippen molar-refractivity contribution in [3.8, 4) is 0 Å². The van der Waals surface area contributed by atoms with Crippen molar-refractivity contribution in [1.82, 2.24) is 14.6 Å². The normalized spacial score (nSPS) is 12.6. The molecular weight excluding hydrogens is 255 g/mol. The maximum Gasteiger partial charge on any atom is 0.416 e. The van der Waals surface area contributed by atoms with Gasteiger partial charge < -0.3 is 0 Å². The lowest BCUT2D eigenvalue weighted by molar-refractivity contribution is -0.137. The number of alkyl halides is 3. The maximum atomic E-state index is 12.5. The lowest BCUT2D eigenvalue weighted by Crippen LogP contribution is -2.06. The summed E-state index contributed by atoms with van der Waals surface area (Å²) in [5.41, 5.74) is -0.716. The quantitative estimate of drug-likeness (QED) is 0.737. The summed E-state index contributed by atoms with van der Waals surface area (Å²) in [6.45, 7) is 3.71. The lowest BCUT2D eigenvalue weighted by atomic mass is 10.2. The van der Waals surface area contributed by atoms with Gasteiger partial charge in [-0.1, -0.05) is 25.4 Å². The second kappa shape index (κ2) is 3.87. The first-order valence-electron chi connectivity index (χ1n) is 4.92. The van der Waals surface area contributed by atoms with Gasteiger partial charge in [-0.3, -0.25) is 0 Å². The SMILES string of the molecule is CC(C)c1nc2cc(C(F)(F)F)cc(Cl)n2n1. The molecule has 0 saturated heterocycles. The zero-order valence-electron chi connectivity index (χ0n) is 9.09. The van der Waals surface area contributed by atoms with Gasteiger partial charge in [0.25, 0.3) is 0 Å². The van der Waals surface area contributed by atoms with Crippen LogP contribution in [0.15, 0.2) is 12.1 Å². The summed E-state index contributed by atoms with van der Waals surface area (Å²) in [6, 6.07) is 1.78. The molecule has 0 fully saturated rings. The van der Waals surface area contributed by atoms with Crippen molar-refractivity contribution in [2.75, 3.05) is 0 Å². The molecule has 0 radical (unpaired) electrons. The number of fused-ring (bicyclic) bond motifs is 1. The predicted octanol–water partition coefficient (Wildman–Crippen LogP) is 3.52. The van der Waals surface area contributed by atoms with E-state index in [9.17, 15) is 13.2 Å². The van der Waals surface area contributed by atoms with Crippen molar-refractivity contribution in [1.29, 1.82) is 0 Å². The Morgan fingerprint density at radius 1 is 1.29 bits per heavy atom. The van der Waals surface area contributed by atoms with Crippen molar-refractivity contribution in [2.45, 2.75) is 25.9 Å². The second-order valence-electron chi connectivity index (χ2n) is 3.96. The molecule has 0 aliphatic rings. The molecule has 92 valence electrons. The van der Waals surface area contributed by atoms with Crippen LogP contribution in [0.2, 0.25) is 5.15 Å². The minimum Gasteiger partial charge on any atom is -0.212 e. The zero-order valence-corrected chi connectivity index (χ0v) is 9.84. The number of nitrogens with zero attached hydrogens (tertiary/aromatic N) is 3. The van der Waals surface area contributed by atoms with Gasteiger partial charge in [-0.2, -0.15) is 13.2 Å². The van der Waals surface area contributed by atoms with Crippen LogP contribution < -0.4 is 0 Å². The summed E-state index contributed by atoms with van der Waals surface area (Å²) < 4.78 is 38.8. The first-order chi connectivity index (χ1) is 7.79. The fourth-order valence-corrected chi connectivity index (χ4v) is 1.61. The Kier molecular flexibility index (Phi) is 2.77. The Bertz CT molecular complexity index is 560. The molecule has 0 atom stereocenters. The van der Waals surface area contributed by atoms with Crippen LogP contribution >= 0.6 is 11.6 Å². The molecule has 2 aromatic rings. The minimum absolute atomic E-state index is 0.0281. The van der Waals surface area contributed by atoms with E-state index >= 15 is 0 Å². The Balaban J connectivity index is 2.65. The molecule has 7 heteroatoms. The van der Waals surface area contributed by atoms with E-state index in [0.717, 1.165) is 12.1 Å². The van der Waals surface area contributed by atoms with Gasteiger partial charge in [0.1, 0.15) is 5.15 Å². The van der Waals surface area contributed by atoms with E-state index in [0.29, 0.717) is 5.82 Å².